The number of piperazine rings is 1. The molecular formula is C20H27N3O3. The van der Waals surface area contributed by atoms with E-state index in [2.05, 4.69) is 16.0 Å². The van der Waals surface area contributed by atoms with Crippen molar-refractivity contribution in [3.63, 3.8) is 0 Å². The molecule has 6 nitrogen and oxygen atoms in total. The van der Waals surface area contributed by atoms with Gasteiger partial charge in [0, 0.05) is 45.1 Å². The number of pyridine rings is 1. The number of carbonyl (C=O) groups is 2. The molecule has 1 aliphatic carbocycles. The van der Waals surface area contributed by atoms with Crippen molar-refractivity contribution in [3.8, 4) is 0 Å². The molecule has 1 amide bonds. The summed E-state index contributed by atoms with van der Waals surface area (Å²) in [5.41, 5.74) is 0.683. The fraction of sp³-hybridized carbons (Fsp3) is 0.650. The van der Waals surface area contributed by atoms with Crippen LogP contribution >= 0.6 is 0 Å². The quantitative estimate of drug-likeness (QED) is 0.774. The lowest BCUT2D eigenvalue weighted by molar-refractivity contribution is -0.156. The third-order valence-corrected chi connectivity index (χ3v) is 6.13. The number of aromatic nitrogens is 1. The third-order valence-electron chi connectivity index (χ3n) is 6.13. The second-order valence-corrected chi connectivity index (χ2v) is 7.82. The van der Waals surface area contributed by atoms with Crippen LogP contribution < -0.4 is 0 Å². The van der Waals surface area contributed by atoms with Crippen LogP contribution in [0.4, 0.5) is 0 Å². The van der Waals surface area contributed by atoms with Crippen LogP contribution in [0.3, 0.4) is 0 Å². The van der Waals surface area contributed by atoms with Gasteiger partial charge in [-0.3, -0.25) is 19.5 Å². The molecule has 2 saturated heterocycles. The van der Waals surface area contributed by atoms with Gasteiger partial charge in [-0.15, -0.1) is 0 Å². The topological polar surface area (TPSA) is 62.7 Å². The van der Waals surface area contributed by atoms with Crippen molar-refractivity contribution in [1.82, 2.24) is 14.8 Å². The van der Waals surface area contributed by atoms with Gasteiger partial charge in [0.25, 0.3) is 0 Å². The Labute approximate surface area is 154 Å². The van der Waals surface area contributed by atoms with Crippen molar-refractivity contribution in [1.29, 1.82) is 0 Å². The molecular weight excluding hydrogens is 330 g/mol. The number of hydrogen-bond acceptors (Lipinski definition) is 5. The number of hydrogen-bond donors (Lipinski definition) is 0. The normalized spacial score (nSPS) is 26.1. The zero-order chi connectivity index (χ0) is 18.0. The molecule has 0 unspecified atom stereocenters. The second kappa shape index (κ2) is 7.35. The highest BCUT2D eigenvalue weighted by molar-refractivity contribution is 5.88. The minimum absolute atomic E-state index is 0.124. The van der Waals surface area contributed by atoms with Gasteiger partial charge in [-0.1, -0.05) is 12.5 Å². The molecule has 140 valence electrons. The first-order valence-electron chi connectivity index (χ1n) is 9.78. The van der Waals surface area contributed by atoms with Crippen molar-refractivity contribution in [2.24, 2.45) is 5.92 Å². The summed E-state index contributed by atoms with van der Waals surface area (Å²) in [4.78, 5) is 33.6. The fourth-order valence-corrected chi connectivity index (χ4v) is 4.70. The molecule has 3 fully saturated rings. The Morgan fingerprint density at radius 1 is 1.19 bits per heavy atom. The first kappa shape index (κ1) is 17.5. The van der Waals surface area contributed by atoms with Crippen LogP contribution in [0.25, 0.3) is 0 Å². The van der Waals surface area contributed by atoms with Gasteiger partial charge in [0.05, 0.1) is 12.3 Å². The van der Waals surface area contributed by atoms with Crippen LogP contribution in [0.1, 0.15) is 44.1 Å². The Balaban J connectivity index is 1.36. The van der Waals surface area contributed by atoms with E-state index in [0.29, 0.717) is 0 Å². The third kappa shape index (κ3) is 3.47. The summed E-state index contributed by atoms with van der Waals surface area (Å²) in [5.74, 6) is -0.348. The summed E-state index contributed by atoms with van der Waals surface area (Å²) in [7, 11) is 0. The molecule has 1 saturated carbocycles. The van der Waals surface area contributed by atoms with Gasteiger partial charge < -0.3 is 9.64 Å². The van der Waals surface area contributed by atoms with E-state index in [4.69, 9.17) is 4.74 Å². The first-order valence-corrected chi connectivity index (χ1v) is 9.78. The predicted octanol–water partition coefficient (Wildman–Crippen LogP) is 1.99. The summed E-state index contributed by atoms with van der Waals surface area (Å²) in [6.07, 6.45) is 8.90. The Kier molecular flexibility index (Phi) is 4.94. The van der Waals surface area contributed by atoms with E-state index in [9.17, 15) is 9.59 Å². The number of nitrogens with zero attached hydrogens (tertiary/aromatic N) is 3. The van der Waals surface area contributed by atoms with E-state index in [0.717, 1.165) is 58.4 Å². The maximum absolute atomic E-state index is 13.1. The summed E-state index contributed by atoms with van der Waals surface area (Å²) in [6.45, 7) is 4.02. The molecule has 3 heterocycles. The van der Waals surface area contributed by atoms with Crippen LogP contribution in [-0.2, 0) is 20.9 Å². The number of rotatable bonds is 3. The Bertz CT molecular complexity index is 650. The molecule has 0 radical (unpaired) electrons. The molecule has 26 heavy (non-hydrogen) atoms. The van der Waals surface area contributed by atoms with Crippen molar-refractivity contribution < 1.29 is 14.3 Å². The molecule has 1 aromatic rings. The summed E-state index contributed by atoms with van der Waals surface area (Å²) in [5, 5.41) is 0. The zero-order valence-electron chi connectivity index (χ0n) is 15.2. The van der Waals surface area contributed by atoms with Crippen LogP contribution in [0.2, 0.25) is 0 Å². The highest BCUT2D eigenvalue weighted by Gasteiger charge is 2.53. The van der Waals surface area contributed by atoms with E-state index >= 15 is 0 Å². The number of esters is 1. The molecule has 1 spiro atoms. The van der Waals surface area contributed by atoms with Crippen LogP contribution in [0, 0.1) is 5.92 Å². The van der Waals surface area contributed by atoms with Gasteiger partial charge in [-0.05, 0) is 37.3 Å². The van der Waals surface area contributed by atoms with Gasteiger partial charge in [0.1, 0.15) is 5.60 Å². The molecule has 0 aromatic carbocycles. The highest BCUT2D eigenvalue weighted by atomic mass is 16.6. The minimum Gasteiger partial charge on any atom is -0.458 e. The smallest absolute Gasteiger partial charge is 0.307 e. The minimum atomic E-state index is -0.515. The van der Waals surface area contributed by atoms with Crippen molar-refractivity contribution >= 4 is 11.9 Å². The Hall–Kier alpha value is -1.95. The average Bonchev–Trinajstić information content (AvgIpc) is 2.98. The molecule has 1 atom stereocenters. The van der Waals surface area contributed by atoms with Crippen LogP contribution in [0.5, 0.6) is 0 Å². The van der Waals surface area contributed by atoms with Gasteiger partial charge in [-0.25, -0.2) is 0 Å². The van der Waals surface area contributed by atoms with Gasteiger partial charge in [-0.2, -0.15) is 0 Å². The molecule has 2 aliphatic heterocycles. The largest absolute Gasteiger partial charge is 0.458 e. The number of ether oxygens (including phenoxy) is 1. The summed E-state index contributed by atoms with van der Waals surface area (Å²) < 4.78 is 5.71. The SMILES string of the molecule is O=C1C[C@@H](C(=O)N2CCN(Cc3cccnc3)CC2)C2(CCCCC2)O1. The number of carbonyl (C=O) groups excluding carboxylic acids is 2. The summed E-state index contributed by atoms with van der Waals surface area (Å²) in [6, 6.07) is 4.04. The lowest BCUT2D eigenvalue weighted by Crippen LogP contribution is -2.53. The highest BCUT2D eigenvalue weighted by Crippen LogP contribution is 2.45. The van der Waals surface area contributed by atoms with Crippen LogP contribution in [0.15, 0.2) is 24.5 Å². The van der Waals surface area contributed by atoms with Crippen molar-refractivity contribution in [2.45, 2.75) is 50.7 Å². The Morgan fingerprint density at radius 2 is 1.96 bits per heavy atom. The van der Waals surface area contributed by atoms with E-state index in [-0.39, 0.29) is 24.2 Å². The monoisotopic (exact) mass is 357 g/mol. The van der Waals surface area contributed by atoms with E-state index in [1.54, 1.807) is 6.20 Å². The molecule has 0 N–H and O–H groups in total. The maximum Gasteiger partial charge on any atom is 0.307 e. The molecule has 1 aromatic heterocycles. The lowest BCUT2D eigenvalue weighted by atomic mass is 9.75. The van der Waals surface area contributed by atoms with Crippen molar-refractivity contribution in [3.05, 3.63) is 30.1 Å². The standard InChI is InChI=1S/C20H27N3O3/c24-18-13-17(20(26-18)6-2-1-3-7-20)19(25)23-11-9-22(10-12-23)15-16-5-4-8-21-14-16/h4-5,8,14,17H,1-3,6-7,9-13,15H2/t17-/m0/s1. The van der Waals surface area contributed by atoms with Gasteiger partial charge in [0.15, 0.2) is 0 Å². The first-order chi connectivity index (χ1) is 12.7. The molecule has 0 bridgehead atoms. The molecule has 4 rings (SSSR count). The fourth-order valence-electron chi connectivity index (χ4n) is 4.70. The zero-order valence-corrected chi connectivity index (χ0v) is 15.2. The van der Waals surface area contributed by atoms with Crippen LogP contribution in [-0.4, -0.2) is 58.4 Å². The Morgan fingerprint density at radius 3 is 2.65 bits per heavy atom. The average molecular weight is 357 g/mol. The van der Waals surface area contributed by atoms with Gasteiger partial charge in [0.2, 0.25) is 5.91 Å². The molecule has 6 heteroatoms. The van der Waals surface area contributed by atoms with Crippen molar-refractivity contribution in [2.75, 3.05) is 26.2 Å². The lowest BCUT2D eigenvalue weighted by Gasteiger charge is -2.40. The predicted molar refractivity (Wildman–Crippen MR) is 96.1 cm³/mol. The molecule has 3 aliphatic rings. The summed E-state index contributed by atoms with van der Waals surface area (Å²) >= 11 is 0. The number of amides is 1. The second-order valence-electron chi connectivity index (χ2n) is 7.82. The van der Waals surface area contributed by atoms with E-state index < -0.39 is 5.60 Å². The van der Waals surface area contributed by atoms with E-state index in [1.807, 2.05) is 17.2 Å². The van der Waals surface area contributed by atoms with Gasteiger partial charge >= 0.3 is 5.97 Å². The maximum atomic E-state index is 13.1. The van der Waals surface area contributed by atoms with E-state index in [1.165, 1.54) is 12.0 Å².